The van der Waals surface area contributed by atoms with E-state index in [1.54, 1.807) is 12.1 Å². The molecule has 0 aliphatic heterocycles. The second-order valence-electron chi connectivity index (χ2n) is 8.39. The molecule has 0 unspecified atom stereocenters. The molecule has 176 valence electrons. The maximum atomic E-state index is 10.4. The van der Waals surface area contributed by atoms with Crippen LogP contribution in [0.15, 0.2) is 83.8 Å². The first-order valence-corrected chi connectivity index (χ1v) is 12.3. The first-order valence-electron chi connectivity index (χ1n) is 10.9. The van der Waals surface area contributed by atoms with Crippen LogP contribution in [0, 0.1) is 13.8 Å². The summed E-state index contributed by atoms with van der Waals surface area (Å²) in [6.07, 6.45) is 4.38. The average molecular weight is 475 g/mol. The summed E-state index contributed by atoms with van der Waals surface area (Å²) in [4.78, 5) is 1.93. The molecule has 34 heavy (non-hydrogen) atoms. The number of fused-ring (bicyclic) bond motifs is 1. The van der Waals surface area contributed by atoms with Crippen LogP contribution < -0.4 is 9.47 Å². The fourth-order valence-corrected chi connectivity index (χ4v) is 3.97. The highest BCUT2D eigenvalue weighted by Crippen LogP contribution is 2.18. The molecule has 0 bridgehead atoms. The number of para-hydroxylation sites is 1. The van der Waals surface area contributed by atoms with Crippen LogP contribution >= 0.6 is 0 Å². The third kappa shape index (κ3) is 6.31. The minimum absolute atomic E-state index is 0.178. The lowest BCUT2D eigenvalue weighted by atomic mass is 10.1. The third-order valence-corrected chi connectivity index (χ3v) is 6.55. The molecule has 0 radical (unpaired) electrons. The number of aromatic nitrogens is 1. The van der Waals surface area contributed by atoms with Crippen LogP contribution in [0.1, 0.15) is 22.4 Å². The minimum atomic E-state index is -4.27. The molecular formula is C28H30N2O3S. The standard InChI is InChI=1S/C21H23N2.C7H8O3S/c1-16-18(15-19-7-5-6-8-21(19)23(16)4)12-9-17-10-13-20(14-11-17)22(2)3;1-6-2-4-7(5-3-6)11(8,9)10/h5-15H,1-4H3;2-5H,1H3,(H,8,9,10)/q+1;/p-1. The Kier molecular flexibility index (Phi) is 7.87. The first kappa shape index (κ1) is 25.1. The van der Waals surface area contributed by atoms with Gasteiger partial charge in [-0.05, 0) is 55.0 Å². The van der Waals surface area contributed by atoms with Gasteiger partial charge in [-0.1, -0.05) is 48.0 Å². The van der Waals surface area contributed by atoms with E-state index in [0.29, 0.717) is 0 Å². The van der Waals surface area contributed by atoms with Gasteiger partial charge in [0.15, 0.2) is 5.69 Å². The zero-order valence-electron chi connectivity index (χ0n) is 20.2. The highest BCUT2D eigenvalue weighted by molar-refractivity contribution is 7.85. The highest BCUT2D eigenvalue weighted by atomic mass is 32.2. The fraction of sp³-hybridized carbons (Fsp3) is 0.179. The van der Waals surface area contributed by atoms with Crippen LogP contribution in [0.4, 0.5) is 5.69 Å². The van der Waals surface area contributed by atoms with Crippen molar-refractivity contribution < 1.29 is 17.5 Å². The van der Waals surface area contributed by atoms with Crippen LogP contribution in [0.3, 0.4) is 0 Å². The molecule has 6 heteroatoms. The number of benzene rings is 3. The Morgan fingerprint density at radius 2 is 1.47 bits per heavy atom. The van der Waals surface area contributed by atoms with Crippen LogP contribution in [-0.4, -0.2) is 27.1 Å². The Bertz CT molecular complexity index is 1410. The van der Waals surface area contributed by atoms with Crippen LogP contribution in [0.2, 0.25) is 0 Å². The van der Waals surface area contributed by atoms with Gasteiger partial charge in [-0.15, -0.1) is 0 Å². The predicted molar refractivity (Wildman–Crippen MR) is 139 cm³/mol. The summed E-state index contributed by atoms with van der Waals surface area (Å²) in [7, 11) is 1.97. The van der Waals surface area contributed by atoms with Gasteiger partial charge in [-0.2, -0.15) is 4.57 Å². The van der Waals surface area contributed by atoms with Gasteiger partial charge in [0.1, 0.15) is 17.2 Å². The molecule has 1 aromatic heterocycles. The SMILES string of the molecule is Cc1c(C=Cc2ccc(N(C)C)cc2)cc2ccccc2[n+]1C.Cc1ccc(S(=O)(=O)[O-])cc1. The Morgan fingerprint density at radius 3 is 2.06 bits per heavy atom. The van der Waals surface area contributed by atoms with E-state index in [2.05, 4.69) is 104 Å². The summed E-state index contributed by atoms with van der Waals surface area (Å²) in [6, 6.07) is 25.1. The predicted octanol–water partition coefficient (Wildman–Crippen LogP) is 5.11. The van der Waals surface area contributed by atoms with Crippen LogP contribution in [0.5, 0.6) is 0 Å². The second kappa shape index (κ2) is 10.6. The van der Waals surface area contributed by atoms with E-state index in [1.807, 2.05) is 6.92 Å². The number of hydrogen-bond acceptors (Lipinski definition) is 4. The average Bonchev–Trinajstić information content (AvgIpc) is 2.81. The van der Waals surface area contributed by atoms with Gasteiger partial charge in [0.2, 0.25) is 5.52 Å². The number of aryl methyl sites for hydroxylation is 2. The van der Waals surface area contributed by atoms with Crippen molar-refractivity contribution >= 4 is 38.9 Å². The molecule has 0 aliphatic rings. The van der Waals surface area contributed by atoms with Crippen molar-refractivity contribution in [1.82, 2.24) is 0 Å². The highest BCUT2D eigenvalue weighted by Gasteiger charge is 2.11. The van der Waals surface area contributed by atoms with Gasteiger partial charge < -0.3 is 9.45 Å². The van der Waals surface area contributed by atoms with Gasteiger partial charge in [0, 0.05) is 43.7 Å². The molecule has 5 nitrogen and oxygen atoms in total. The fourth-order valence-electron chi connectivity index (χ4n) is 3.50. The van der Waals surface area contributed by atoms with Crippen molar-refractivity contribution in [2.75, 3.05) is 19.0 Å². The quantitative estimate of drug-likeness (QED) is 0.305. The normalized spacial score (nSPS) is 11.4. The lowest BCUT2D eigenvalue weighted by Crippen LogP contribution is -2.33. The topological polar surface area (TPSA) is 64.3 Å². The van der Waals surface area contributed by atoms with E-state index in [-0.39, 0.29) is 4.90 Å². The Morgan fingerprint density at radius 1 is 0.853 bits per heavy atom. The Balaban J connectivity index is 0.000000248. The Labute approximate surface area is 202 Å². The maximum absolute atomic E-state index is 10.4. The molecule has 1 heterocycles. The monoisotopic (exact) mass is 474 g/mol. The number of rotatable bonds is 4. The van der Waals surface area contributed by atoms with Gasteiger partial charge >= 0.3 is 0 Å². The summed E-state index contributed by atoms with van der Waals surface area (Å²) in [5.41, 5.74) is 7.14. The minimum Gasteiger partial charge on any atom is -0.744 e. The van der Waals surface area contributed by atoms with Crippen LogP contribution in [-0.2, 0) is 17.2 Å². The van der Waals surface area contributed by atoms with Crippen molar-refractivity contribution in [2.45, 2.75) is 18.7 Å². The summed E-state index contributed by atoms with van der Waals surface area (Å²) in [5.74, 6) is 0. The molecule has 4 rings (SSSR count). The van der Waals surface area contributed by atoms with Gasteiger partial charge in [-0.3, -0.25) is 0 Å². The van der Waals surface area contributed by atoms with E-state index in [0.717, 1.165) is 5.56 Å². The molecule has 0 aliphatic carbocycles. The molecule has 0 saturated heterocycles. The smallest absolute Gasteiger partial charge is 0.212 e. The van der Waals surface area contributed by atoms with E-state index < -0.39 is 10.1 Å². The zero-order valence-corrected chi connectivity index (χ0v) is 21.0. The molecule has 3 aromatic carbocycles. The van der Waals surface area contributed by atoms with E-state index in [1.165, 1.54) is 45.5 Å². The molecule has 0 saturated carbocycles. The molecule has 0 atom stereocenters. The van der Waals surface area contributed by atoms with E-state index in [4.69, 9.17) is 0 Å². The summed E-state index contributed by atoms with van der Waals surface area (Å²) in [5, 5.41) is 1.27. The van der Waals surface area contributed by atoms with Gasteiger partial charge in [-0.25, -0.2) is 8.42 Å². The largest absolute Gasteiger partial charge is 0.744 e. The van der Waals surface area contributed by atoms with Crippen molar-refractivity contribution in [3.05, 3.63) is 101 Å². The second-order valence-corrected chi connectivity index (χ2v) is 9.77. The van der Waals surface area contributed by atoms with Gasteiger partial charge in [0.25, 0.3) is 0 Å². The van der Waals surface area contributed by atoms with Crippen LogP contribution in [0.25, 0.3) is 23.1 Å². The summed E-state index contributed by atoms with van der Waals surface area (Å²) in [6.45, 7) is 3.99. The zero-order chi connectivity index (χ0) is 24.9. The van der Waals surface area contributed by atoms with Crippen molar-refractivity contribution in [2.24, 2.45) is 7.05 Å². The molecule has 0 spiro atoms. The van der Waals surface area contributed by atoms with Gasteiger partial charge in [0.05, 0.1) is 4.90 Å². The first-order chi connectivity index (χ1) is 16.1. The lowest BCUT2D eigenvalue weighted by molar-refractivity contribution is -0.651. The number of nitrogens with zero attached hydrogens (tertiary/aromatic N) is 2. The lowest BCUT2D eigenvalue weighted by Gasteiger charge is -2.11. The van der Waals surface area contributed by atoms with Crippen molar-refractivity contribution in [1.29, 1.82) is 0 Å². The molecule has 0 fully saturated rings. The third-order valence-electron chi connectivity index (χ3n) is 5.70. The summed E-state index contributed by atoms with van der Waals surface area (Å²) >= 11 is 0. The van der Waals surface area contributed by atoms with E-state index >= 15 is 0 Å². The van der Waals surface area contributed by atoms with Crippen molar-refractivity contribution in [3.8, 4) is 0 Å². The van der Waals surface area contributed by atoms with Crippen molar-refractivity contribution in [3.63, 3.8) is 0 Å². The molecular weight excluding hydrogens is 444 g/mol. The molecule has 0 N–H and O–H groups in total. The molecule has 4 aromatic rings. The number of pyridine rings is 1. The maximum Gasteiger partial charge on any atom is 0.212 e. The van der Waals surface area contributed by atoms with E-state index in [9.17, 15) is 13.0 Å². The number of anilines is 1. The Hall–Kier alpha value is -3.48. The molecule has 0 amide bonds. The number of hydrogen-bond donors (Lipinski definition) is 0. The summed E-state index contributed by atoms with van der Waals surface area (Å²) < 4.78 is 33.4.